The molecule has 5 heterocycles. The number of rotatable bonds is 18. The first-order valence-corrected chi connectivity index (χ1v) is 26.0. The smallest absolute Gasteiger partial charge is 0.366 e. The third kappa shape index (κ3) is 12.0. The molecule has 0 spiro atoms. The summed E-state index contributed by atoms with van der Waals surface area (Å²) in [6, 6.07) is 12.6. The van der Waals surface area contributed by atoms with E-state index in [9.17, 15) is 45.5 Å². The Morgan fingerprint density at radius 1 is 0.667 bits per heavy atom. The normalized spacial score (nSPS) is 13.9. The lowest BCUT2D eigenvalue weighted by atomic mass is 9.91. The monoisotopic (exact) mass is 1160 g/mol. The number of pyridine rings is 2. The number of aromatic nitrogens is 6. The van der Waals surface area contributed by atoms with Gasteiger partial charge in [0.05, 0.1) is 45.9 Å². The van der Waals surface area contributed by atoms with Gasteiger partial charge in [-0.2, -0.15) is 23.4 Å². The van der Waals surface area contributed by atoms with E-state index < -0.39 is 112 Å². The summed E-state index contributed by atoms with van der Waals surface area (Å²) in [6.07, 6.45) is 0.397. The molecule has 8 aromatic rings. The topological polar surface area (TPSA) is 221 Å². The summed E-state index contributed by atoms with van der Waals surface area (Å²) < 4.78 is 139. The van der Waals surface area contributed by atoms with E-state index in [4.69, 9.17) is 11.5 Å². The lowest BCUT2D eigenvalue weighted by Gasteiger charge is -2.23. The number of alkyl halides is 3. The van der Waals surface area contributed by atoms with E-state index in [-0.39, 0.29) is 82.1 Å². The van der Waals surface area contributed by atoms with Crippen LogP contribution in [0.25, 0.3) is 33.4 Å². The van der Waals surface area contributed by atoms with Crippen LogP contribution in [-0.2, 0) is 67.6 Å². The maximum Gasteiger partial charge on any atom is 0.433 e. The van der Waals surface area contributed by atoms with Gasteiger partial charge in [0.1, 0.15) is 59.4 Å². The molecule has 1 aliphatic heterocycles. The highest BCUT2D eigenvalue weighted by atomic mass is 19.4. The Kier molecular flexibility index (Phi) is 16.1. The van der Waals surface area contributed by atoms with Crippen molar-refractivity contribution in [1.82, 2.24) is 45.1 Å². The molecule has 16 nitrogen and oxygen atoms in total. The molecule has 25 heteroatoms. The van der Waals surface area contributed by atoms with E-state index in [1.54, 1.807) is 42.0 Å². The summed E-state index contributed by atoms with van der Waals surface area (Å²) in [6.45, 7) is -1.33. The van der Waals surface area contributed by atoms with Crippen LogP contribution in [0.2, 0.25) is 0 Å². The third-order valence-electron chi connectivity index (χ3n) is 14.5. The predicted molar refractivity (Wildman–Crippen MR) is 287 cm³/mol. The number of amides is 4. The van der Waals surface area contributed by atoms with Crippen LogP contribution in [0, 0.1) is 34.9 Å². The van der Waals surface area contributed by atoms with Crippen molar-refractivity contribution >= 4 is 29.8 Å². The average molecular weight is 1160 g/mol. The molecule has 0 bridgehead atoms. The fourth-order valence-corrected chi connectivity index (χ4v) is 11.0. The zero-order valence-corrected chi connectivity index (χ0v) is 44.6. The van der Waals surface area contributed by atoms with E-state index in [0.29, 0.717) is 28.4 Å². The van der Waals surface area contributed by atoms with Crippen LogP contribution in [0.5, 0.6) is 0 Å². The van der Waals surface area contributed by atoms with Gasteiger partial charge in [0.25, 0.3) is 11.8 Å². The van der Waals surface area contributed by atoms with Gasteiger partial charge >= 0.3 is 6.18 Å². The molecule has 4 amide bonds. The largest absolute Gasteiger partial charge is 0.433 e. The first-order chi connectivity index (χ1) is 40.0. The van der Waals surface area contributed by atoms with E-state index in [1.165, 1.54) is 24.4 Å². The molecule has 432 valence electrons. The Bertz CT molecular complexity index is 3950. The molecule has 1 aliphatic carbocycles. The van der Waals surface area contributed by atoms with Gasteiger partial charge in [-0.25, -0.2) is 26.3 Å². The van der Waals surface area contributed by atoms with E-state index in [1.807, 2.05) is 0 Å². The number of hydrogen-bond acceptors (Lipinski definition) is 10. The Morgan fingerprint density at radius 3 is 1.85 bits per heavy atom. The van der Waals surface area contributed by atoms with Crippen LogP contribution in [0.15, 0.2) is 102 Å². The fraction of sp³-hybridized carbons (Fsp3) is 0.237. The summed E-state index contributed by atoms with van der Waals surface area (Å²) in [5.41, 5.74) is 10.3. The Hall–Kier alpha value is -9.52. The second kappa shape index (κ2) is 23.4. The van der Waals surface area contributed by atoms with Gasteiger partial charge in [0, 0.05) is 78.3 Å². The number of nitrogens with two attached hydrogens (primary N) is 2. The summed E-state index contributed by atoms with van der Waals surface area (Å²) in [5, 5.41) is 14.2. The highest BCUT2D eigenvalue weighted by Crippen LogP contribution is 2.40. The molecular weight excluding hydrogens is 1110 g/mol. The van der Waals surface area contributed by atoms with Crippen LogP contribution in [-0.4, -0.2) is 78.4 Å². The minimum Gasteiger partial charge on any atom is -0.366 e. The summed E-state index contributed by atoms with van der Waals surface area (Å²) in [5.74, 6) is -10.3. The van der Waals surface area contributed by atoms with Gasteiger partial charge in [0.15, 0.2) is 0 Å². The number of aliphatic imine (C=N–C) groups is 1. The number of carbonyl (C=O) groups is 4. The van der Waals surface area contributed by atoms with Gasteiger partial charge < -0.3 is 22.1 Å². The first-order valence-electron chi connectivity index (χ1n) is 26.0. The number of nitrogens with one attached hydrogen (secondary N) is 2. The lowest BCUT2D eigenvalue weighted by Crippen LogP contribution is -2.35. The van der Waals surface area contributed by atoms with Crippen molar-refractivity contribution < 1.29 is 58.7 Å². The van der Waals surface area contributed by atoms with Crippen molar-refractivity contribution in [3.8, 4) is 33.4 Å². The van der Waals surface area contributed by atoms with Gasteiger partial charge in [-0.05, 0) is 122 Å². The van der Waals surface area contributed by atoms with Crippen LogP contribution in [0.4, 0.5) is 39.5 Å². The van der Waals surface area contributed by atoms with Crippen molar-refractivity contribution in [2.45, 2.75) is 76.5 Å². The van der Waals surface area contributed by atoms with Gasteiger partial charge in [-0.3, -0.25) is 48.4 Å². The molecular formula is C59H49F9N12O4. The molecule has 4 aromatic carbocycles. The van der Waals surface area contributed by atoms with Crippen molar-refractivity contribution in [3.63, 3.8) is 0 Å². The maximum atomic E-state index is 17.0. The highest BCUT2D eigenvalue weighted by molar-refractivity contribution is 5.95. The third-order valence-corrected chi connectivity index (χ3v) is 14.5. The van der Waals surface area contributed by atoms with Crippen LogP contribution >= 0.6 is 0 Å². The Labute approximate surface area is 472 Å². The average Bonchev–Trinajstić information content (AvgIpc) is 1.96. The lowest BCUT2D eigenvalue weighted by molar-refractivity contribution is -0.145. The zero-order valence-electron chi connectivity index (χ0n) is 44.6. The van der Waals surface area contributed by atoms with Crippen LogP contribution < -0.4 is 22.1 Å². The van der Waals surface area contributed by atoms with Gasteiger partial charge in [-0.15, -0.1) is 0 Å². The SMILES string of the molecule is CN=Cc1nn(CC(=O)NC(Cc2cc(F)c(-c3cnc(C(Cc4cc(F)cc(F)c4)NC(=O)Cn4nc5c(c4C(F)(F)F)CN(C)C5)c(-c4ccc(F)c(C(N)=O)c4)c3)c(F)c2)c2ncccc2-c2ccc(F)c(C(N)=O)c2)c2c1CCC2. The van der Waals surface area contributed by atoms with Crippen molar-refractivity contribution in [3.05, 3.63) is 200 Å². The number of benzene rings is 4. The molecule has 2 unspecified atom stereocenters. The summed E-state index contributed by atoms with van der Waals surface area (Å²) >= 11 is 0. The maximum absolute atomic E-state index is 17.0. The van der Waals surface area contributed by atoms with Gasteiger partial charge in [0.2, 0.25) is 11.8 Å². The number of nitrogens with zero attached hydrogens (tertiary/aromatic N) is 8. The quantitative estimate of drug-likeness (QED) is 0.0477. The second-order valence-electron chi connectivity index (χ2n) is 20.4. The second-order valence-corrected chi connectivity index (χ2v) is 20.4. The summed E-state index contributed by atoms with van der Waals surface area (Å²) in [4.78, 5) is 67.8. The number of halogens is 9. The Morgan fingerprint density at radius 2 is 1.25 bits per heavy atom. The van der Waals surface area contributed by atoms with Crippen molar-refractivity contribution in [2.24, 2.45) is 16.5 Å². The molecule has 0 radical (unpaired) electrons. The number of carbonyl (C=O) groups excluding carboxylic acids is 4. The number of hydrogen-bond donors (Lipinski definition) is 4. The standard InChI is InChI=1S/C59H49F9N12O4/c1-71-24-48-37-5-3-7-50(37)79(76-48)27-51(81)74-46(54-36(6-4-12-72-54)31-8-10-42(62)39(19-31)57(69)83)18-30-15-44(64)53(45(65)16-30)33-21-38(32-9-11-43(63)40(20-32)58(70)84)55(73-23-33)47(17-29-13-34(60)22-35(61)14-29)75-52(82)28-80-56(59(66,67)68)41-25-78(2)26-49(41)77-80/h4,6,8-16,19-24,46-47H,3,5,7,17-18,25-28H2,1-2H3,(H2,69,83)(H2,70,84)(H,74,81)(H,75,82). The molecule has 4 aromatic heterocycles. The first kappa shape index (κ1) is 57.7. The fourth-order valence-electron chi connectivity index (χ4n) is 11.0. The number of fused-ring (bicyclic) bond motifs is 2. The molecule has 0 saturated heterocycles. The van der Waals surface area contributed by atoms with E-state index in [0.717, 1.165) is 78.8 Å². The Balaban J connectivity index is 1.04. The summed E-state index contributed by atoms with van der Waals surface area (Å²) in [7, 11) is 3.19. The molecule has 0 fully saturated rings. The molecule has 2 atom stereocenters. The predicted octanol–water partition coefficient (Wildman–Crippen LogP) is 8.61. The molecule has 6 N–H and O–H groups in total. The zero-order chi connectivity index (χ0) is 59.9. The van der Waals surface area contributed by atoms with Crippen LogP contribution in [0.1, 0.15) is 95.6 Å². The van der Waals surface area contributed by atoms with Gasteiger partial charge in [-0.1, -0.05) is 18.2 Å². The van der Waals surface area contributed by atoms with E-state index in [2.05, 4.69) is 35.8 Å². The van der Waals surface area contributed by atoms with Crippen molar-refractivity contribution in [2.75, 3.05) is 14.1 Å². The van der Waals surface area contributed by atoms with Crippen molar-refractivity contribution in [1.29, 1.82) is 0 Å². The van der Waals surface area contributed by atoms with E-state index >= 15 is 13.2 Å². The van der Waals surface area contributed by atoms with Crippen LogP contribution in [0.3, 0.4) is 0 Å². The highest BCUT2D eigenvalue weighted by Gasteiger charge is 2.42. The molecule has 2 aliphatic rings. The molecule has 0 saturated carbocycles. The minimum atomic E-state index is -4.95. The number of primary amides is 2. The minimum absolute atomic E-state index is 0.0309. The molecule has 10 rings (SSSR count). The molecule has 84 heavy (non-hydrogen) atoms.